The molecule has 0 aliphatic carbocycles. The minimum absolute atomic E-state index is 1.12. The predicted molar refractivity (Wildman–Crippen MR) is 97.5 cm³/mol. The molecule has 0 saturated carbocycles. The highest BCUT2D eigenvalue weighted by molar-refractivity contribution is 6.83. The second kappa shape index (κ2) is 7.12. The van der Waals surface area contributed by atoms with Crippen LogP contribution in [-0.2, 0) is 0 Å². The summed E-state index contributed by atoms with van der Waals surface area (Å²) in [5.41, 5.74) is 4.11. The van der Waals surface area contributed by atoms with Crippen molar-refractivity contribution in [2.24, 2.45) is 0 Å². The van der Waals surface area contributed by atoms with E-state index in [-0.39, 0.29) is 0 Å². The Balaban J connectivity index is 2.02. The summed E-state index contributed by atoms with van der Waals surface area (Å²) >= 11 is -1.23. The van der Waals surface area contributed by atoms with Crippen LogP contribution in [0.2, 0.25) is 0 Å². The van der Waals surface area contributed by atoms with Gasteiger partial charge in [0.05, 0.1) is 0 Å². The maximum Gasteiger partial charge on any atom is 0.448 e. The van der Waals surface area contributed by atoms with E-state index in [1.165, 1.54) is 16.7 Å². The maximum absolute atomic E-state index is 2.65. The molecular weight excluding hydrogens is 281 g/mol. The topological polar surface area (TPSA) is 3.24 Å². The summed E-state index contributed by atoms with van der Waals surface area (Å²) in [4.78, 5) is 2.55. The number of rotatable bonds is 5. The van der Waals surface area contributed by atoms with Crippen LogP contribution in [0.1, 0.15) is 25.0 Å². The molecule has 1 aliphatic heterocycles. The van der Waals surface area contributed by atoms with Crippen molar-refractivity contribution in [3.05, 3.63) is 82.8 Å². The van der Waals surface area contributed by atoms with Crippen LogP contribution < -0.4 is 0 Å². The van der Waals surface area contributed by atoms with Crippen LogP contribution in [0.15, 0.2) is 71.7 Å². The van der Waals surface area contributed by atoms with Crippen molar-refractivity contribution in [1.29, 1.82) is 0 Å². The third kappa shape index (κ3) is 3.10. The van der Waals surface area contributed by atoms with Crippen molar-refractivity contribution in [2.45, 2.75) is 13.8 Å². The monoisotopic (exact) mass is 303 g/mol. The summed E-state index contributed by atoms with van der Waals surface area (Å²) in [5.74, 6) is 0. The second-order valence-electron chi connectivity index (χ2n) is 5.62. The molecule has 1 heterocycles. The molecule has 0 N–H and O–H groups in total. The predicted octanol–water partition coefficient (Wildman–Crippen LogP) is 4.58. The van der Waals surface area contributed by atoms with Crippen molar-refractivity contribution >= 4 is 24.4 Å². The lowest BCUT2D eigenvalue weighted by molar-refractivity contribution is 0.491. The SMILES string of the molecule is CC[N](CC)[Al]1[CH]=C(c2ccccc2)C=[C]1c1ccccc1. The molecule has 2 aromatic carbocycles. The van der Waals surface area contributed by atoms with Gasteiger partial charge in [-0.3, -0.25) is 0 Å². The van der Waals surface area contributed by atoms with Gasteiger partial charge < -0.3 is 3.88 Å². The van der Waals surface area contributed by atoms with E-state index in [4.69, 9.17) is 0 Å². The van der Waals surface area contributed by atoms with Crippen molar-refractivity contribution in [1.82, 2.24) is 3.88 Å². The summed E-state index contributed by atoms with van der Waals surface area (Å²) in [6.07, 6.45) is 2.42. The number of benzene rings is 2. The molecule has 0 fully saturated rings. The van der Waals surface area contributed by atoms with Gasteiger partial charge in [0.1, 0.15) is 0 Å². The molecule has 1 aliphatic rings. The van der Waals surface area contributed by atoms with Crippen LogP contribution in [0.3, 0.4) is 0 Å². The van der Waals surface area contributed by atoms with E-state index in [1.807, 2.05) is 0 Å². The smallest absolute Gasteiger partial charge is 0.378 e. The molecule has 0 amide bonds. The van der Waals surface area contributed by atoms with Crippen molar-refractivity contribution in [3.8, 4) is 0 Å². The van der Waals surface area contributed by atoms with Gasteiger partial charge >= 0.3 is 14.4 Å². The Morgan fingerprint density at radius 3 is 1.86 bits per heavy atom. The molecular formula is C20H22AlN. The van der Waals surface area contributed by atoms with E-state index < -0.39 is 14.4 Å². The zero-order chi connectivity index (χ0) is 15.4. The van der Waals surface area contributed by atoms with Gasteiger partial charge in [0.25, 0.3) is 0 Å². The molecule has 0 radical (unpaired) electrons. The maximum atomic E-state index is 2.65. The van der Waals surface area contributed by atoms with Gasteiger partial charge in [-0.15, -0.1) is 4.94 Å². The number of hydrogen-bond donors (Lipinski definition) is 0. The Morgan fingerprint density at radius 1 is 0.773 bits per heavy atom. The Labute approximate surface area is 138 Å². The highest BCUT2D eigenvalue weighted by Gasteiger charge is 2.32. The highest BCUT2D eigenvalue weighted by Crippen LogP contribution is 2.32. The first-order valence-corrected chi connectivity index (χ1v) is 9.87. The molecule has 0 saturated heterocycles. The fourth-order valence-corrected chi connectivity index (χ4v) is 6.26. The van der Waals surface area contributed by atoms with E-state index in [2.05, 4.69) is 89.4 Å². The molecule has 0 atom stereocenters. The molecule has 3 rings (SSSR count). The van der Waals surface area contributed by atoms with Crippen molar-refractivity contribution < 1.29 is 0 Å². The van der Waals surface area contributed by atoms with Gasteiger partial charge in [-0.2, -0.15) is 0 Å². The van der Waals surface area contributed by atoms with Crippen LogP contribution in [0.5, 0.6) is 0 Å². The molecule has 22 heavy (non-hydrogen) atoms. The Bertz CT molecular complexity index is 669. The van der Waals surface area contributed by atoms with Gasteiger partial charge in [0, 0.05) is 0 Å². The van der Waals surface area contributed by atoms with E-state index >= 15 is 0 Å². The lowest BCUT2D eigenvalue weighted by Gasteiger charge is -2.23. The third-order valence-electron chi connectivity index (χ3n) is 4.39. The standard InChI is InChI=1S/C16H12.C4H10N.Al/c1-14(16-10-6-3-7-11-16)12-13-15-8-4-2-5-9-15;1-3-5-4-2;/h1-12H;3-4H2,1-2H3;/q;-1;+1. The van der Waals surface area contributed by atoms with Gasteiger partial charge in [0.2, 0.25) is 0 Å². The second-order valence-corrected chi connectivity index (χ2v) is 8.20. The third-order valence-corrected chi connectivity index (χ3v) is 7.72. The van der Waals surface area contributed by atoms with Crippen molar-refractivity contribution in [3.63, 3.8) is 0 Å². The number of allylic oxidation sites excluding steroid dienone is 2. The average Bonchev–Trinajstić information content (AvgIpc) is 3.03. The summed E-state index contributed by atoms with van der Waals surface area (Å²) < 4.78 is 4.19. The van der Waals surface area contributed by atoms with Crippen LogP contribution in [-0.4, -0.2) is 31.3 Å². The fraction of sp³-hybridized carbons (Fsp3) is 0.200. The van der Waals surface area contributed by atoms with E-state index in [9.17, 15) is 0 Å². The summed E-state index contributed by atoms with van der Waals surface area (Å²) in [5, 5.41) is 0. The molecule has 2 aromatic rings. The molecule has 110 valence electrons. The van der Waals surface area contributed by atoms with Gasteiger partial charge in [0.15, 0.2) is 0 Å². The van der Waals surface area contributed by atoms with Crippen molar-refractivity contribution in [2.75, 3.05) is 13.1 Å². The van der Waals surface area contributed by atoms with Crippen LogP contribution in [0.25, 0.3) is 10.0 Å². The van der Waals surface area contributed by atoms with Gasteiger partial charge in [-0.05, 0) is 29.8 Å². The van der Waals surface area contributed by atoms with Gasteiger partial charge in [-0.25, -0.2) is 0 Å². The molecule has 2 heteroatoms. The van der Waals surface area contributed by atoms with E-state index in [0.29, 0.717) is 0 Å². The number of nitrogens with zero attached hydrogens (tertiary/aromatic N) is 1. The Morgan fingerprint density at radius 2 is 1.32 bits per heavy atom. The fourth-order valence-electron chi connectivity index (χ4n) is 3.17. The average molecular weight is 303 g/mol. The zero-order valence-corrected chi connectivity index (χ0v) is 14.5. The minimum Gasteiger partial charge on any atom is -0.378 e. The minimum atomic E-state index is -1.23. The molecule has 0 aromatic heterocycles. The first kappa shape index (κ1) is 15.3. The van der Waals surface area contributed by atoms with Crippen LogP contribution >= 0.6 is 0 Å². The molecule has 0 bridgehead atoms. The Kier molecular flexibility index (Phi) is 4.95. The van der Waals surface area contributed by atoms with E-state index in [0.717, 1.165) is 13.1 Å². The zero-order valence-electron chi connectivity index (χ0n) is 13.4. The number of hydrogen-bond acceptors (Lipinski definition) is 1. The Hall–Kier alpha value is -1.59. The van der Waals surface area contributed by atoms with Crippen LogP contribution in [0.4, 0.5) is 0 Å². The first-order chi connectivity index (χ1) is 10.8. The quantitative estimate of drug-likeness (QED) is 0.731. The lowest BCUT2D eigenvalue weighted by Crippen LogP contribution is -2.38. The normalized spacial score (nSPS) is 14.2. The highest BCUT2D eigenvalue weighted by atomic mass is 27.2. The molecule has 0 spiro atoms. The molecule has 0 unspecified atom stereocenters. The molecule has 1 nitrogen and oxygen atoms in total. The van der Waals surface area contributed by atoms with E-state index in [1.54, 1.807) is 4.44 Å². The summed E-state index contributed by atoms with van der Waals surface area (Å²) in [6, 6.07) is 21.6. The van der Waals surface area contributed by atoms with Crippen LogP contribution in [0, 0.1) is 0 Å². The van der Waals surface area contributed by atoms with Gasteiger partial charge in [-0.1, -0.05) is 85.0 Å². The summed E-state index contributed by atoms with van der Waals surface area (Å²) in [7, 11) is 0. The first-order valence-electron chi connectivity index (χ1n) is 8.11. The lowest BCUT2D eigenvalue weighted by atomic mass is 10.1. The largest absolute Gasteiger partial charge is 0.448 e. The summed E-state index contributed by atoms with van der Waals surface area (Å²) in [6.45, 7) is 6.78.